The van der Waals surface area contributed by atoms with Crippen LogP contribution in [0.1, 0.15) is 35.7 Å². The summed E-state index contributed by atoms with van der Waals surface area (Å²) in [7, 11) is 2.01. The summed E-state index contributed by atoms with van der Waals surface area (Å²) in [6, 6.07) is 6.90. The third-order valence-corrected chi connectivity index (χ3v) is 4.63. The molecule has 1 unspecified atom stereocenters. The number of aryl methyl sites for hydroxylation is 1. The predicted molar refractivity (Wildman–Crippen MR) is 89.9 cm³/mol. The van der Waals surface area contributed by atoms with Gasteiger partial charge in [0.25, 0.3) is 0 Å². The first-order chi connectivity index (χ1) is 12.0. The fourth-order valence-corrected chi connectivity index (χ4v) is 3.30. The van der Waals surface area contributed by atoms with Gasteiger partial charge in [0, 0.05) is 31.6 Å². The minimum Gasteiger partial charge on any atom is -0.340 e. The van der Waals surface area contributed by atoms with E-state index >= 15 is 0 Å². The highest BCUT2D eigenvalue weighted by Gasteiger charge is 2.24. The number of aromatic nitrogens is 2. The predicted octanol–water partition coefficient (Wildman–Crippen LogP) is 2.49. The molecule has 1 atom stereocenters. The van der Waals surface area contributed by atoms with Crippen molar-refractivity contribution in [3.63, 3.8) is 0 Å². The maximum atomic E-state index is 14.0. The Hall–Kier alpha value is -2.30. The van der Waals surface area contributed by atoms with Crippen molar-refractivity contribution in [1.29, 1.82) is 5.26 Å². The fourth-order valence-electron chi connectivity index (χ4n) is 3.30. The zero-order valence-corrected chi connectivity index (χ0v) is 14.6. The summed E-state index contributed by atoms with van der Waals surface area (Å²) in [5, 5.41) is 13.0. The molecular weight excluding hydrogens is 321 g/mol. The highest BCUT2D eigenvalue weighted by Crippen LogP contribution is 2.20. The largest absolute Gasteiger partial charge is 0.340 e. The van der Waals surface area contributed by atoms with E-state index in [1.807, 2.05) is 7.05 Å². The Morgan fingerprint density at radius 2 is 2.32 bits per heavy atom. The van der Waals surface area contributed by atoms with Crippen LogP contribution < -0.4 is 0 Å². The Kier molecular flexibility index (Phi) is 5.41. The Bertz CT molecular complexity index is 769. The summed E-state index contributed by atoms with van der Waals surface area (Å²) in [5.41, 5.74) is 1.05. The van der Waals surface area contributed by atoms with Gasteiger partial charge in [0.15, 0.2) is 5.82 Å². The molecule has 1 aromatic carbocycles. The van der Waals surface area contributed by atoms with E-state index < -0.39 is 0 Å². The first-order valence-corrected chi connectivity index (χ1v) is 8.45. The first kappa shape index (κ1) is 17.5. The van der Waals surface area contributed by atoms with Crippen LogP contribution in [0.2, 0.25) is 0 Å². The molecule has 1 aliphatic rings. The number of likely N-dealkylation sites (tertiary alicyclic amines) is 1. The van der Waals surface area contributed by atoms with E-state index in [9.17, 15) is 4.39 Å². The molecule has 1 aromatic heterocycles. The minimum absolute atomic E-state index is 0.263. The molecule has 0 aliphatic carbocycles. The zero-order valence-electron chi connectivity index (χ0n) is 14.6. The van der Waals surface area contributed by atoms with Gasteiger partial charge >= 0.3 is 0 Å². The lowest BCUT2D eigenvalue weighted by molar-refractivity contribution is 0.104. The number of hydrogen-bond acceptors (Lipinski definition) is 6. The standard InChI is InChI=1S/C18H22FN5O/c1-13-21-18(22-25-13)12-24-7-3-4-16(11-24)23(2)10-15-8-14(9-20)5-6-17(15)19/h5-6,8,16H,3-4,7,10-12H2,1-2H3. The molecule has 0 amide bonds. The lowest BCUT2D eigenvalue weighted by atomic mass is 10.0. The average Bonchev–Trinajstić information content (AvgIpc) is 3.02. The van der Waals surface area contributed by atoms with Crippen LogP contribution in [0.25, 0.3) is 0 Å². The van der Waals surface area contributed by atoms with Gasteiger partial charge in [-0.1, -0.05) is 5.16 Å². The molecule has 1 saturated heterocycles. The van der Waals surface area contributed by atoms with Crippen molar-refractivity contribution in [2.75, 3.05) is 20.1 Å². The molecule has 1 fully saturated rings. The van der Waals surface area contributed by atoms with Gasteiger partial charge in [-0.2, -0.15) is 10.2 Å². The van der Waals surface area contributed by atoms with Crippen molar-refractivity contribution in [1.82, 2.24) is 19.9 Å². The molecule has 132 valence electrons. The van der Waals surface area contributed by atoms with E-state index in [0.717, 1.165) is 25.9 Å². The van der Waals surface area contributed by atoms with Gasteiger partial charge in [-0.25, -0.2) is 4.39 Å². The number of piperidine rings is 1. The number of nitrogens with zero attached hydrogens (tertiary/aromatic N) is 5. The van der Waals surface area contributed by atoms with Crippen molar-refractivity contribution in [3.05, 3.63) is 46.9 Å². The third kappa shape index (κ3) is 4.41. The molecule has 25 heavy (non-hydrogen) atoms. The maximum Gasteiger partial charge on any atom is 0.223 e. The molecule has 0 N–H and O–H groups in total. The quantitative estimate of drug-likeness (QED) is 0.831. The van der Waals surface area contributed by atoms with E-state index in [4.69, 9.17) is 9.78 Å². The van der Waals surface area contributed by atoms with Gasteiger partial charge in [0.1, 0.15) is 5.82 Å². The number of halogens is 1. The lowest BCUT2D eigenvalue weighted by Gasteiger charge is -2.37. The van der Waals surface area contributed by atoms with Gasteiger partial charge in [-0.15, -0.1) is 0 Å². The van der Waals surface area contributed by atoms with E-state index in [0.29, 0.717) is 42.0 Å². The molecule has 3 rings (SSSR count). The normalized spacial score (nSPS) is 18.4. The van der Waals surface area contributed by atoms with Crippen LogP contribution in [0.4, 0.5) is 4.39 Å². The molecule has 1 aliphatic heterocycles. The van der Waals surface area contributed by atoms with Gasteiger partial charge in [0.05, 0.1) is 18.2 Å². The Morgan fingerprint density at radius 3 is 3.04 bits per heavy atom. The van der Waals surface area contributed by atoms with Crippen LogP contribution in [0.3, 0.4) is 0 Å². The zero-order chi connectivity index (χ0) is 17.8. The van der Waals surface area contributed by atoms with Crippen LogP contribution in [-0.4, -0.2) is 46.1 Å². The molecule has 2 aromatic rings. The smallest absolute Gasteiger partial charge is 0.223 e. The fraction of sp³-hybridized carbons (Fsp3) is 0.500. The molecule has 0 spiro atoms. The second-order valence-corrected chi connectivity index (χ2v) is 6.59. The second-order valence-electron chi connectivity index (χ2n) is 6.59. The minimum atomic E-state index is -0.263. The molecule has 0 bridgehead atoms. The second kappa shape index (κ2) is 7.72. The van der Waals surface area contributed by atoms with Crippen molar-refractivity contribution in [2.45, 2.75) is 38.9 Å². The molecule has 7 heteroatoms. The number of likely N-dealkylation sites (N-methyl/N-ethyl adjacent to an activating group) is 1. The number of hydrogen-bond donors (Lipinski definition) is 0. The molecule has 2 heterocycles. The maximum absolute atomic E-state index is 14.0. The van der Waals surface area contributed by atoms with Crippen LogP contribution in [-0.2, 0) is 13.1 Å². The van der Waals surface area contributed by atoms with Crippen molar-refractivity contribution in [2.24, 2.45) is 0 Å². The van der Waals surface area contributed by atoms with Crippen molar-refractivity contribution < 1.29 is 8.91 Å². The van der Waals surface area contributed by atoms with Gasteiger partial charge < -0.3 is 4.52 Å². The Labute approximate surface area is 146 Å². The topological polar surface area (TPSA) is 69.2 Å². The van der Waals surface area contributed by atoms with Crippen LogP contribution in [0, 0.1) is 24.1 Å². The number of nitriles is 1. The highest BCUT2D eigenvalue weighted by atomic mass is 19.1. The van der Waals surface area contributed by atoms with E-state index in [1.165, 1.54) is 12.1 Å². The van der Waals surface area contributed by atoms with Crippen LogP contribution >= 0.6 is 0 Å². The Morgan fingerprint density at radius 1 is 1.48 bits per heavy atom. The first-order valence-electron chi connectivity index (χ1n) is 8.45. The van der Waals surface area contributed by atoms with Gasteiger partial charge in [-0.3, -0.25) is 9.80 Å². The van der Waals surface area contributed by atoms with Crippen LogP contribution in [0.5, 0.6) is 0 Å². The number of benzene rings is 1. The third-order valence-electron chi connectivity index (χ3n) is 4.63. The highest BCUT2D eigenvalue weighted by molar-refractivity contribution is 5.33. The molecule has 6 nitrogen and oxygen atoms in total. The Balaban J connectivity index is 1.62. The summed E-state index contributed by atoms with van der Waals surface area (Å²) in [5.74, 6) is 1.02. The summed E-state index contributed by atoms with van der Waals surface area (Å²) in [4.78, 5) is 8.72. The van der Waals surface area contributed by atoms with Crippen LogP contribution in [0.15, 0.2) is 22.7 Å². The molecular formula is C18H22FN5O. The lowest BCUT2D eigenvalue weighted by Crippen LogP contribution is -2.46. The molecule has 0 saturated carbocycles. The summed E-state index contributed by atoms with van der Waals surface area (Å²) in [6.45, 7) is 4.81. The van der Waals surface area contributed by atoms with E-state index in [2.05, 4.69) is 26.0 Å². The SMILES string of the molecule is Cc1nc(CN2CCCC(N(C)Cc3cc(C#N)ccc3F)C2)no1. The summed E-state index contributed by atoms with van der Waals surface area (Å²) < 4.78 is 19.1. The van der Waals surface area contributed by atoms with Crippen molar-refractivity contribution in [3.8, 4) is 6.07 Å². The molecule has 0 radical (unpaired) electrons. The average molecular weight is 343 g/mol. The summed E-state index contributed by atoms with van der Waals surface area (Å²) >= 11 is 0. The monoisotopic (exact) mass is 343 g/mol. The van der Waals surface area contributed by atoms with Gasteiger partial charge in [-0.05, 0) is 44.6 Å². The van der Waals surface area contributed by atoms with E-state index in [-0.39, 0.29) is 5.82 Å². The van der Waals surface area contributed by atoms with E-state index in [1.54, 1.807) is 13.0 Å². The summed E-state index contributed by atoms with van der Waals surface area (Å²) in [6.07, 6.45) is 2.14. The van der Waals surface area contributed by atoms with Gasteiger partial charge in [0.2, 0.25) is 5.89 Å². The van der Waals surface area contributed by atoms with Crippen molar-refractivity contribution >= 4 is 0 Å². The number of rotatable bonds is 5.